The molecule has 1 saturated heterocycles. The lowest BCUT2D eigenvalue weighted by Crippen LogP contribution is -2.51. The number of rotatable bonds is 10. The number of esters is 2. The van der Waals surface area contributed by atoms with E-state index >= 15 is 0 Å². The van der Waals surface area contributed by atoms with Crippen LogP contribution >= 0.6 is 46.2 Å². The number of carbonyl (C=O) groups is 4. The maximum atomic E-state index is 12.6. The third-order valence-corrected chi connectivity index (χ3v) is 8.73. The minimum atomic E-state index is -0.475. The molecule has 0 radical (unpaired) electrons. The Morgan fingerprint density at radius 3 is 1.50 bits per heavy atom. The van der Waals surface area contributed by atoms with Crippen LogP contribution in [-0.4, -0.2) is 80.9 Å². The minimum Gasteiger partial charge on any atom is -0.459 e. The van der Waals surface area contributed by atoms with Crippen LogP contribution in [0.25, 0.3) is 0 Å². The Morgan fingerprint density at radius 2 is 1.16 bits per heavy atom. The first-order chi connectivity index (χ1) is 18.1. The zero-order chi connectivity index (χ0) is 27.7. The molecule has 208 valence electrons. The van der Waals surface area contributed by atoms with Crippen molar-refractivity contribution >= 4 is 70.3 Å². The lowest BCUT2D eigenvalue weighted by atomic mass is 10.3. The predicted octanol–water partition coefficient (Wildman–Crippen LogP) is 4.19. The van der Waals surface area contributed by atoms with Crippen LogP contribution < -0.4 is 0 Å². The highest BCUT2D eigenvalue weighted by atomic mass is 32.2. The second kappa shape index (κ2) is 14.6. The molecule has 0 bridgehead atoms. The van der Waals surface area contributed by atoms with E-state index in [4.69, 9.17) is 18.9 Å². The fourth-order valence-electron chi connectivity index (χ4n) is 3.01. The summed E-state index contributed by atoms with van der Waals surface area (Å²) in [6.45, 7) is 7.68. The standard InChI is InChI=1S/C22H28N4O8S4/c1-13(27)31-9-17-11-35-19(23-17)37-15(3)33-21(29)25-5-7-26(8-6-25)22(30)34-16(4)38-20-24-18(12-36-20)10-32-14(2)28/h11-12,15-16H,5-10H2,1-4H3/t15-,16-/m1/s1. The Morgan fingerprint density at radius 1 is 0.789 bits per heavy atom. The minimum absolute atomic E-state index is 0.105. The summed E-state index contributed by atoms with van der Waals surface area (Å²) in [6, 6.07) is 0. The Bertz CT molecular complexity index is 1030. The Kier molecular flexibility index (Phi) is 11.5. The van der Waals surface area contributed by atoms with Crippen molar-refractivity contribution < 1.29 is 38.1 Å². The van der Waals surface area contributed by atoms with E-state index in [9.17, 15) is 19.2 Å². The molecule has 1 aliphatic heterocycles. The van der Waals surface area contributed by atoms with Gasteiger partial charge >= 0.3 is 24.1 Å². The summed E-state index contributed by atoms with van der Waals surface area (Å²) < 4.78 is 22.3. The van der Waals surface area contributed by atoms with E-state index < -0.39 is 23.1 Å². The molecule has 2 amide bonds. The Hall–Kier alpha value is -2.56. The van der Waals surface area contributed by atoms with Crippen LogP contribution in [0.3, 0.4) is 0 Å². The van der Waals surface area contributed by atoms with E-state index in [1.54, 1.807) is 34.4 Å². The van der Waals surface area contributed by atoms with Gasteiger partial charge in [-0.15, -0.1) is 22.7 Å². The fourth-order valence-corrected chi connectivity index (χ4v) is 6.78. The van der Waals surface area contributed by atoms with Gasteiger partial charge in [-0.2, -0.15) is 0 Å². The third kappa shape index (κ3) is 9.96. The fraction of sp³-hybridized carbons (Fsp3) is 0.545. The summed E-state index contributed by atoms with van der Waals surface area (Å²) in [7, 11) is 0. The number of thiazole rings is 2. The van der Waals surface area contributed by atoms with Gasteiger partial charge in [0.2, 0.25) is 0 Å². The van der Waals surface area contributed by atoms with Gasteiger partial charge in [-0.25, -0.2) is 19.6 Å². The van der Waals surface area contributed by atoms with Crippen LogP contribution in [0.2, 0.25) is 0 Å². The third-order valence-electron chi connectivity index (χ3n) is 4.77. The molecule has 3 rings (SSSR count). The van der Waals surface area contributed by atoms with E-state index in [0.717, 1.165) is 0 Å². The van der Waals surface area contributed by atoms with Crippen molar-refractivity contribution in [1.82, 2.24) is 19.8 Å². The van der Waals surface area contributed by atoms with Crippen LogP contribution in [0.1, 0.15) is 39.1 Å². The smallest absolute Gasteiger partial charge is 0.411 e. The molecular formula is C22H28N4O8S4. The van der Waals surface area contributed by atoms with Crippen LogP contribution in [0.15, 0.2) is 19.4 Å². The second-order valence-electron chi connectivity index (χ2n) is 7.88. The van der Waals surface area contributed by atoms with Gasteiger partial charge in [0.05, 0.1) is 11.4 Å². The quantitative estimate of drug-likeness (QED) is 0.166. The maximum absolute atomic E-state index is 12.6. The van der Waals surface area contributed by atoms with Gasteiger partial charge in [-0.3, -0.25) is 9.59 Å². The van der Waals surface area contributed by atoms with Crippen LogP contribution in [0.4, 0.5) is 9.59 Å². The van der Waals surface area contributed by atoms with Crippen molar-refractivity contribution in [1.29, 1.82) is 0 Å². The largest absolute Gasteiger partial charge is 0.459 e. The Balaban J connectivity index is 1.36. The zero-order valence-electron chi connectivity index (χ0n) is 21.2. The highest BCUT2D eigenvalue weighted by molar-refractivity contribution is 8.01. The molecule has 12 nitrogen and oxygen atoms in total. The molecule has 3 heterocycles. The summed E-state index contributed by atoms with van der Waals surface area (Å²) in [5.41, 5.74) is 0.322. The van der Waals surface area contributed by atoms with Gasteiger partial charge in [-0.1, -0.05) is 23.5 Å². The molecule has 0 aliphatic carbocycles. The Labute approximate surface area is 236 Å². The van der Waals surface area contributed by atoms with E-state index in [1.165, 1.54) is 60.0 Å². The van der Waals surface area contributed by atoms with Crippen molar-refractivity contribution in [2.24, 2.45) is 0 Å². The van der Waals surface area contributed by atoms with Gasteiger partial charge in [0.25, 0.3) is 0 Å². The highest BCUT2D eigenvalue weighted by Crippen LogP contribution is 2.29. The summed E-state index contributed by atoms with van der Waals surface area (Å²) in [6.07, 6.45) is -0.932. The van der Waals surface area contributed by atoms with E-state index in [1.807, 2.05) is 0 Å². The highest BCUT2D eigenvalue weighted by Gasteiger charge is 2.28. The molecule has 38 heavy (non-hydrogen) atoms. The number of hydrogen-bond acceptors (Lipinski definition) is 14. The van der Waals surface area contributed by atoms with Gasteiger partial charge in [-0.05, 0) is 13.8 Å². The molecule has 0 saturated carbocycles. The summed E-state index contributed by atoms with van der Waals surface area (Å²) >= 11 is 5.35. The lowest BCUT2D eigenvalue weighted by molar-refractivity contribution is -0.143. The number of aromatic nitrogens is 2. The summed E-state index contributed by atoms with van der Waals surface area (Å²) in [5.74, 6) is -0.751. The molecule has 1 fully saturated rings. The molecule has 2 aromatic rings. The molecule has 16 heteroatoms. The molecular weight excluding hydrogens is 577 g/mol. The monoisotopic (exact) mass is 604 g/mol. The van der Waals surface area contributed by atoms with Crippen molar-refractivity contribution in [2.45, 2.75) is 60.5 Å². The normalized spacial score (nSPS) is 14.9. The maximum Gasteiger partial charge on any atom is 0.411 e. The van der Waals surface area contributed by atoms with E-state index in [-0.39, 0.29) is 25.2 Å². The number of piperazine rings is 1. The molecule has 2 atom stereocenters. The van der Waals surface area contributed by atoms with Crippen LogP contribution in [0, 0.1) is 0 Å². The van der Waals surface area contributed by atoms with Gasteiger partial charge in [0, 0.05) is 50.8 Å². The summed E-state index contributed by atoms with van der Waals surface area (Å²) in [4.78, 5) is 58.8. The van der Waals surface area contributed by atoms with Crippen LogP contribution in [-0.2, 0) is 41.8 Å². The van der Waals surface area contributed by atoms with Gasteiger partial charge in [0.15, 0.2) is 19.6 Å². The number of amides is 2. The first kappa shape index (κ1) is 30.0. The van der Waals surface area contributed by atoms with Gasteiger partial charge in [0.1, 0.15) is 13.2 Å². The lowest BCUT2D eigenvalue weighted by Gasteiger charge is -2.34. The van der Waals surface area contributed by atoms with E-state index in [0.29, 0.717) is 46.2 Å². The number of thioether (sulfide) groups is 2. The zero-order valence-corrected chi connectivity index (χ0v) is 24.5. The van der Waals surface area contributed by atoms with Crippen molar-refractivity contribution in [3.8, 4) is 0 Å². The van der Waals surface area contributed by atoms with Crippen molar-refractivity contribution in [3.05, 3.63) is 22.1 Å². The molecule has 0 unspecified atom stereocenters. The number of hydrogen-bond donors (Lipinski definition) is 0. The summed E-state index contributed by atoms with van der Waals surface area (Å²) in [5, 5.41) is 3.58. The topological polar surface area (TPSA) is 137 Å². The number of carbonyl (C=O) groups excluding carboxylic acids is 4. The first-order valence-corrected chi connectivity index (χ1v) is 15.0. The van der Waals surface area contributed by atoms with Crippen molar-refractivity contribution in [3.63, 3.8) is 0 Å². The molecule has 2 aromatic heterocycles. The average molecular weight is 605 g/mol. The SMILES string of the molecule is CC(=O)OCc1csc(S[C@H](C)OC(=O)N2CCN(C(=O)O[C@@H](C)Sc3nc(COC(C)=O)cs3)CC2)n1. The molecule has 1 aliphatic rings. The van der Waals surface area contributed by atoms with Crippen molar-refractivity contribution in [2.75, 3.05) is 26.2 Å². The molecule has 0 spiro atoms. The molecule has 0 aromatic carbocycles. The van der Waals surface area contributed by atoms with Gasteiger partial charge < -0.3 is 28.7 Å². The van der Waals surface area contributed by atoms with E-state index in [2.05, 4.69) is 9.97 Å². The average Bonchev–Trinajstić information content (AvgIpc) is 3.50. The number of nitrogens with zero attached hydrogens (tertiary/aromatic N) is 4. The first-order valence-electron chi connectivity index (χ1n) is 11.5. The van der Waals surface area contributed by atoms with Crippen LogP contribution in [0.5, 0.6) is 0 Å². The number of ether oxygens (including phenoxy) is 4. The molecule has 0 N–H and O–H groups in total. The second-order valence-corrected chi connectivity index (χ2v) is 12.7. The predicted molar refractivity (Wildman–Crippen MR) is 142 cm³/mol.